The summed E-state index contributed by atoms with van der Waals surface area (Å²) in [6.45, 7) is 0.135. The molecule has 0 N–H and O–H groups in total. The predicted octanol–water partition coefficient (Wildman–Crippen LogP) is 6.57. The minimum atomic E-state index is -0.674. The van der Waals surface area contributed by atoms with Crippen LogP contribution in [0.4, 0.5) is 4.79 Å². The highest BCUT2D eigenvalue weighted by Crippen LogP contribution is 2.38. The third-order valence-electron chi connectivity index (χ3n) is 4.96. The molecule has 0 atom stereocenters. The van der Waals surface area contributed by atoms with Gasteiger partial charge in [0.05, 0.1) is 29.1 Å². The number of carbonyl (C=O) groups is 3. The van der Waals surface area contributed by atoms with E-state index in [1.54, 1.807) is 42.5 Å². The van der Waals surface area contributed by atoms with Crippen molar-refractivity contribution in [3.05, 3.63) is 97.8 Å². The first-order valence-electron chi connectivity index (χ1n) is 10.0. The summed E-state index contributed by atoms with van der Waals surface area (Å²) in [5.41, 5.74) is 1.41. The Bertz CT molecular complexity index is 1330. The molecule has 34 heavy (non-hydrogen) atoms. The quantitative estimate of drug-likeness (QED) is 0.194. The lowest BCUT2D eigenvalue weighted by Crippen LogP contribution is -2.27. The topological polar surface area (TPSA) is 72.9 Å². The van der Waals surface area contributed by atoms with Crippen LogP contribution >= 0.6 is 39.3 Å². The summed E-state index contributed by atoms with van der Waals surface area (Å²) in [6, 6.07) is 18.9. The van der Waals surface area contributed by atoms with Gasteiger partial charge in [-0.05, 0) is 47.7 Å². The van der Waals surface area contributed by atoms with E-state index in [1.807, 2.05) is 24.3 Å². The summed E-state index contributed by atoms with van der Waals surface area (Å²) < 4.78 is 11.8. The van der Waals surface area contributed by atoms with Gasteiger partial charge in [-0.25, -0.2) is 4.79 Å². The molecule has 0 bridgehead atoms. The molecule has 3 aromatic rings. The largest absolute Gasteiger partial charge is 0.493 e. The zero-order valence-corrected chi connectivity index (χ0v) is 20.9. The Balaban J connectivity index is 1.65. The first-order chi connectivity index (χ1) is 16.4. The number of hydrogen-bond donors (Lipinski definition) is 0. The van der Waals surface area contributed by atoms with Crippen molar-refractivity contribution in [2.45, 2.75) is 6.54 Å². The highest BCUT2D eigenvalue weighted by atomic mass is 79.9. The minimum Gasteiger partial charge on any atom is -0.493 e. The summed E-state index contributed by atoms with van der Waals surface area (Å²) in [4.78, 5) is 39.8. The molecule has 3 aromatic carbocycles. The van der Waals surface area contributed by atoms with Crippen molar-refractivity contribution in [1.82, 2.24) is 4.90 Å². The molecule has 1 fully saturated rings. The summed E-state index contributed by atoms with van der Waals surface area (Å²) in [5, 5.41) is -0.137. The minimum absolute atomic E-state index is 0.118. The van der Waals surface area contributed by atoms with Crippen LogP contribution in [0.1, 0.15) is 21.5 Å². The third kappa shape index (κ3) is 5.04. The van der Waals surface area contributed by atoms with E-state index < -0.39 is 11.9 Å². The van der Waals surface area contributed by atoms with Crippen LogP contribution in [0.3, 0.4) is 0 Å². The molecular weight excluding hydrogens is 542 g/mol. The molecule has 1 aliphatic heterocycles. The first-order valence-corrected chi connectivity index (χ1v) is 12.0. The van der Waals surface area contributed by atoms with Crippen LogP contribution in [-0.2, 0) is 11.3 Å². The van der Waals surface area contributed by atoms with Crippen molar-refractivity contribution >= 4 is 62.5 Å². The van der Waals surface area contributed by atoms with Crippen LogP contribution in [0.2, 0.25) is 5.02 Å². The summed E-state index contributed by atoms with van der Waals surface area (Å²) in [7, 11) is 1.44. The van der Waals surface area contributed by atoms with Gasteiger partial charge in [-0.15, -0.1) is 0 Å². The highest BCUT2D eigenvalue weighted by Gasteiger charge is 2.35. The van der Waals surface area contributed by atoms with E-state index in [-0.39, 0.29) is 33.0 Å². The normalized spacial score (nSPS) is 14.6. The van der Waals surface area contributed by atoms with Crippen LogP contribution in [0.25, 0.3) is 6.08 Å². The maximum absolute atomic E-state index is 13.0. The summed E-state index contributed by atoms with van der Waals surface area (Å²) in [6.07, 6.45) is 1.52. The van der Waals surface area contributed by atoms with Gasteiger partial charge in [0.25, 0.3) is 11.1 Å². The predicted molar refractivity (Wildman–Crippen MR) is 135 cm³/mol. The van der Waals surface area contributed by atoms with E-state index in [0.29, 0.717) is 11.3 Å². The Hall–Kier alpha value is -3.07. The number of amides is 2. The van der Waals surface area contributed by atoms with Crippen molar-refractivity contribution in [3.63, 3.8) is 0 Å². The number of para-hydroxylation sites is 1. The van der Waals surface area contributed by atoms with Gasteiger partial charge >= 0.3 is 5.97 Å². The fourth-order valence-corrected chi connectivity index (χ4v) is 4.72. The fourth-order valence-electron chi connectivity index (χ4n) is 3.27. The number of methoxy groups -OCH3 is 1. The van der Waals surface area contributed by atoms with Gasteiger partial charge in [0.1, 0.15) is 0 Å². The summed E-state index contributed by atoms with van der Waals surface area (Å²) >= 11 is 10.4. The van der Waals surface area contributed by atoms with Crippen LogP contribution in [0.5, 0.6) is 11.5 Å². The molecule has 0 radical (unpaired) electrons. The maximum Gasteiger partial charge on any atom is 0.345 e. The summed E-state index contributed by atoms with van der Waals surface area (Å²) in [5.74, 6) is -0.696. The molecule has 0 saturated carbocycles. The van der Waals surface area contributed by atoms with Crippen LogP contribution in [-0.4, -0.2) is 29.1 Å². The number of ether oxygens (including phenoxy) is 2. The molecule has 0 aliphatic carbocycles. The highest BCUT2D eigenvalue weighted by molar-refractivity contribution is 9.10. The smallest absolute Gasteiger partial charge is 0.345 e. The molecule has 1 saturated heterocycles. The zero-order chi connectivity index (χ0) is 24.2. The van der Waals surface area contributed by atoms with Crippen molar-refractivity contribution in [2.75, 3.05) is 7.11 Å². The Morgan fingerprint density at radius 2 is 1.79 bits per heavy atom. The second-order valence-electron chi connectivity index (χ2n) is 7.11. The average molecular weight is 559 g/mol. The number of imide groups is 1. The molecule has 1 heterocycles. The van der Waals surface area contributed by atoms with Gasteiger partial charge in [-0.3, -0.25) is 14.5 Å². The second-order valence-corrected chi connectivity index (χ2v) is 9.36. The molecule has 9 heteroatoms. The van der Waals surface area contributed by atoms with Gasteiger partial charge in [-0.2, -0.15) is 0 Å². The van der Waals surface area contributed by atoms with E-state index in [9.17, 15) is 14.4 Å². The third-order valence-corrected chi connectivity index (χ3v) is 6.97. The van der Waals surface area contributed by atoms with E-state index in [0.717, 1.165) is 21.8 Å². The number of carbonyl (C=O) groups excluding carboxylic acids is 3. The number of benzene rings is 3. The lowest BCUT2D eigenvalue weighted by molar-refractivity contribution is -0.123. The van der Waals surface area contributed by atoms with Crippen molar-refractivity contribution in [3.8, 4) is 11.5 Å². The number of thioether (sulfide) groups is 1. The Labute approximate surface area is 213 Å². The molecule has 0 aromatic heterocycles. The Morgan fingerprint density at radius 3 is 2.53 bits per heavy atom. The van der Waals surface area contributed by atoms with Gasteiger partial charge < -0.3 is 9.47 Å². The fraction of sp³-hybridized carbons (Fsp3) is 0.0800. The second kappa shape index (κ2) is 10.5. The van der Waals surface area contributed by atoms with Crippen LogP contribution in [0.15, 0.2) is 76.1 Å². The zero-order valence-electron chi connectivity index (χ0n) is 17.8. The Kier molecular flexibility index (Phi) is 7.41. The molecule has 6 nitrogen and oxygen atoms in total. The van der Waals surface area contributed by atoms with Crippen LogP contribution in [0, 0.1) is 0 Å². The molecule has 0 spiro atoms. The average Bonchev–Trinajstić information content (AvgIpc) is 3.09. The van der Waals surface area contributed by atoms with Crippen LogP contribution < -0.4 is 9.47 Å². The molecular formula is C25H17BrClNO5S. The standard InChI is InChI=1S/C25H17BrClNO5S/c1-32-20-12-6-8-15(22(20)33-24(30)17-9-3-5-11-19(17)27)13-21-23(29)28(25(31)34-21)14-16-7-2-4-10-18(16)26/h2-13H,14H2,1H3/b21-13-. The van der Waals surface area contributed by atoms with Crippen molar-refractivity contribution in [1.29, 1.82) is 0 Å². The molecule has 172 valence electrons. The monoisotopic (exact) mass is 557 g/mol. The van der Waals surface area contributed by atoms with E-state index in [2.05, 4.69) is 15.9 Å². The van der Waals surface area contributed by atoms with Gasteiger partial charge in [-0.1, -0.05) is 70.0 Å². The lowest BCUT2D eigenvalue weighted by Gasteiger charge is -2.14. The van der Waals surface area contributed by atoms with Crippen molar-refractivity contribution in [2.24, 2.45) is 0 Å². The van der Waals surface area contributed by atoms with E-state index >= 15 is 0 Å². The van der Waals surface area contributed by atoms with E-state index in [4.69, 9.17) is 21.1 Å². The molecule has 0 unspecified atom stereocenters. The van der Waals surface area contributed by atoms with Gasteiger partial charge in [0.15, 0.2) is 11.5 Å². The Morgan fingerprint density at radius 1 is 1.06 bits per heavy atom. The number of nitrogens with zero attached hydrogens (tertiary/aromatic N) is 1. The van der Waals surface area contributed by atoms with Gasteiger partial charge in [0.2, 0.25) is 0 Å². The van der Waals surface area contributed by atoms with Gasteiger partial charge in [0, 0.05) is 10.0 Å². The first kappa shape index (κ1) is 24.1. The molecule has 4 rings (SSSR count). The number of halogens is 2. The molecule has 1 aliphatic rings. The lowest BCUT2D eigenvalue weighted by atomic mass is 10.1. The number of rotatable bonds is 6. The molecule has 2 amide bonds. The maximum atomic E-state index is 13.0. The van der Waals surface area contributed by atoms with E-state index in [1.165, 1.54) is 18.1 Å². The number of hydrogen-bond acceptors (Lipinski definition) is 6. The SMILES string of the molecule is COc1cccc(/C=C2\SC(=O)N(Cc3ccccc3Br)C2=O)c1OC(=O)c1ccccc1Cl. The van der Waals surface area contributed by atoms with Crippen molar-refractivity contribution < 1.29 is 23.9 Å². The number of esters is 1.